The van der Waals surface area contributed by atoms with Gasteiger partial charge in [0.05, 0.1) is 28.4 Å². The highest BCUT2D eigenvalue weighted by atomic mass is 35.5. The van der Waals surface area contributed by atoms with E-state index in [0.29, 0.717) is 16.7 Å². The number of hydrogen-bond acceptors (Lipinski definition) is 8. The third-order valence-corrected chi connectivity index (χ3v) is 5.12. The van der Waals surface area contributed by atoms with Gasteiger partial charge >= 0.3 is 11.9 Å². The Balaban J connectivity index is 1.58. The molecule has 0 aromatic heterocycles. The lowest BCUT2D eigenvalue weighted by Gasteiger charge is -2.29. The van der Waals surface area contributed by atoms with E-state index in [-0.39, 0.29) is 23.0 Å². The van der Waals surface area contributed by atoms with Crippen LogP contribution in [0.15, 0.2) is 48.2 Å². The van der Waals surface area contributed by atoms with Crippen molar-refractivity contribution in [3.63, 3.8) is 0 Å². The number of rotatable bonds is 4. The molecule has 0 aliphatic carbocycles. The summed E-state index contributed by atoms with van der Waals surface area (Å²) in [7, 11) is 0. The molecule has 9 nitrogen and oxygen atoms in total. The largest absolute Gasteiger partial charge is 0.504 e. The summed E-state index contributed by atoms with van der Waals surface area (Å²) in [5, 5.41) is 12.8. The number of carbonyl (C=O) groups excluding carboxylic acids is 4. The highest BCUT2D eigenvalue weighted by molar-refractivity contribution is 6.32. The maximum Gasteiger partial charge on any atom is 0.350 e. The van der Waals surface area contributed by atoms with E-state index in [1.807, 2.05) is 0 Å². The molecule has 1 fully saturated rings. The van der Waals surface area contributed by atoms with Crippen LogP contribution >= 0.6 is 11.6 Å². The summed E-state index contributed by atoms with van der Waals surface area (Å²) < 4.78 is 10.0. The van der Waals surface area contributed by atoms with Crippen LogP contribution < -0.4 is 5.32 Å². The first-order valence-corrected chi connectivity index (χ1v) is 9.85. The van der Waals surface area contributed by atoms with Crippen molar-refractivity contribution >= 4 is 41.0 Å². The first kappa shape index (κ1) is 21.4. The molecule has 2 heterocycles. The smallest absolute Gasteiger partial charge is 0.350 e. The molecule has 2 amide bonds. The maximum atomic E-state index is 12.6. The monoisotopic (exact) mass is 456 g/mol. The zero-order valence-corrected chi connectivity index (χ0v) is 17.7. The molecule has 2 aliphatic rings. The van der Waals surface area contributed by atoms with Crippen LogP contribution in [0.25, 0.3) is 0 Å². The topological polar surface area (TPSA) is 122 Å². The molecule has 1 saturated heterocycles. The lowest BCUT2D eigenvalue weighted by atomic mass is 10.1. The normalized spacial score (nSPS) is 17.1. The minimum atomic E-state index is -1.39. The summed E-state index contributed by atoms with van der Waals surface area (Å²) in [5.74, 6) is -4.42. The van der Waals surface area contributed by atoms with Gasteiger partial charge in [0.1, 0.15) is 0 Å². The van der Waals surface area contributed by atoms with Crippen LogP contribution in [0.4, 0.5) is 5.69 Å². The summed E-state index contributed by atoms with van der Waals surface area (Å²) in [5.41, 5.74) is 0.677. The molecule has 0 radical (unpaired) electrons. The van der Waals surface area contributed by atoms with E-state index in [4.69, 9.17) is 21.1 Å². The molecule has 32 heavy (non-hydrogen) atoms. The number of hydrogen-bond donors (Lipinski definition) is 2. The zero-order valence-electron chi connectivity index (χ0n) is 17.0. The van der Waals surface area contributed by atoms with Crippen LogP contribution in [0.5, 0.6) is 5.75 Å². The second kappa shape index (κ2) is 7.69. The van der Waals surface area contributed by atoms with Gasteiger partial charge in [-0.2, -0.15) is 0 Å². The van der Waals surface area contributed by atoms with Crippen molar-refractivity contribution < 1.29 is 33.8 Å². The molecule has 164 valence electrons. The van der Waals surface area contributed by atoms with Gasteiger partial charge in [0.25, 0.3) is 17.6 Å². The molecule has 0 spiro atoms. The lowest BCUT2D eigenvalue weighted by Crippen LogP contribution is -2.42. The van der Waals surface area contributed by atoms with Gasteiger partial charge in [-0.15, -0.1) is 0 Å². The van der Waals surface area contributed by atoms with Crippen molar-refractivity contribution in [1.29, 1.82) is 0 Å². The first-order chi connectivity index (χ1) is 15.1. The predicted molar refractivity (Wildman–Crippen MR) is 112 cm³/mol. The van der Waals surface area contributed by atoms with Crippen LogP contribution in [0.2, 0.25) is 5.02 Å². The third kappa shape index (κ3) is 3.78. The highest BCUT2D eigenvalue weighted by Crippen LogP contribution is 2.35. The van der Waals surface area contributed by atoms with Gasteiger partial charge in [0, 0.05) is 20.0 Å². The average molecular weight is 457 g/mol. The number of aromatic hydroxyl groups is 1. The van der Waals surface area contributed by atoms with Crippen LogP contribution in [-0.4, -0.2) is 39.5 Å². The SMILES string of the molecule is CC1(C)OC(=O)C(=CNc2cc(CN3C(=O)c4ccccc4C3=O)cc(Cl)c2O)C(=O)O1. The Kier molecular flexibility index (Phi) is 5.14. The molecule has 2 N–H and O–H groups in total. The third-order valence-electron chi connectivity index (χ3n) is 4.83. The molecule has 4 rings (SSSR count). The number of phenolic OH excluding ortho intramolecular Hbond substituents is 1. The maximum absolute atomic E-state index is 12.6. The number of nitrogens with one attached hydrogen (secondary N) is 1. The molecule has 10 heteroatoms. The average Bonchev–Trinajstić information content (AvgIpc) is 2.95. The van der Waals surface area contributed by atoms with Gasteiger partial charge in [-0.25, -0.2) is 9.59 Å². The van der Waals surface area contributed by atoms with Crippen molar-refractivity contribution in [2.75, 3.05) is 5.32 Å². The lowest BCUT2D eigenvalue weighted by molar-refractivity contribution is -0.222. The second-order valence-corrected chi connectivity index (χ2v) is 8.00. The number of phenols is 1. The second-order valence-electron chi connectivity index (χ2n) is 7.60. The van der Waals surface area contributed by atoms with Crippen LogP contribution in [0.1, 0.15) is 40.1 Å². The number of ether oxygens (including phenoxy) is 2. The number of amides is 2. The molecular formula is C22H17ClN2O7. The van der Waals surface area contributed by atoms with Crippen molar-refractivity contribution in [2.24, 2.45) is 0 Å². The summed E-state index contributed by atoms with van der Waals surface area (Å²) >= 11 is 6.10. The number of esters is 2. The minimum absolute atomic E-state index is 0.0436. The number of fused-ring (bicyclic) bond motifs is 1. The van der Waals surface area contributed by atoms with E-state index in [1.165, 1.54) is 26.0 Å². The number of halogens is 1. The standard InChI is InChI=1S/C22H17ClN2O7/c1-22(2)31-20(29)14(21(30)32-22)9-24-16-8-11(7-15(23)17(16)26)10-25-18(27)12-5-3-4-6-13(12)19(25)28/h3-9,24,26H,10H2,1-2H3. The van der Waals surface area contributed by atoms with Gasteiger partial charge in [0.2, 0.25) is 0 Å². The molecule has 0 bridgehead atoms. The van der Waals surface area contributed by atoms with Crippen molar-refractivity contribution in [1.82, 2.24) is 4.90 Å². The van der Waals surface area contributed by atoms with E-state index in [2.05, 4.69) is 5.32 Å². The van der Waals surface area contributed by atoms with Crippen molar-refractivity contribution in [3.05, 3.63) is 69.9 Å². The van der Waals surface area contributed by atoms with E-state index in [0.717, 1.165) is 11.1 Å². The van der Waals surface area contributed by atoms with E-state index in [9.17, 15) is 24.3 Å². The molecule has 0 unspecified atom stereocenters. The highest BCUT2D eigenvalue weighted by Gasteiger charge is 2.39. The fraction of sp³-hybridized carbons (Fsp3) is 0.182. The molecular weight excluding hydrogens is 440 g/mol. The van der Waals surface area contributed by atoms with Gasteiger partial charge in [-0.05, 0) is 29.8 Å². The summed E-state index contributed by atoms with van der Waals surface area (Å²) in [6.45, 7) is 2.73. The Bertz CT molecular complexity index is 1160. The van der Waals surface area contributed by atoms with Crippen LogP contribution in [-0.2, 0) is 25.6 Å². The van der Waals surface area contributed by atoms with Gasteiger partial charge in [0.15, 0.2) is 11.3 Å². The Morgan fingerprint density at radius 1 is 1.03 bits per heavy atom. The first-order valence-electron chi connectivity index (χ1n) is 9.47. The molecule has 0 atom stereocenters. The Morgan fingerprint density at radius 2 is 1.59 bits per heavy atom. The van der Waals surface area contributed by atoms with E-state index < -0.39 is 35.1 Å². The summed E-state index contributed by atoms with van der Waals surface area (Å²) in [6, 6.07) is 9.33. The number of carbonyl (C=O) groups is 4. The number of nitrogens with zero attached hydrogens (tertiary/aromatic N) is 1. The number of benzene rings is 2. The fourth-order valence-electron chi connectivity index (χ4n) is 3.35. The van der Waals surface area contributed by atoms with Crippen LogP contribution in [0.3, 0.4) is 0 Å². The summed E-state index contributed by atoms with van der Waals surface area (Å²) in [4.78, 5) is 50.4. The Morgan fingerprint density at radius 3 is 2.16 bits per heavy atom. The molecule has 0 saturated carbocycles. The molecule has 2 aromatic carbocycles. The van der Waals surface area contributed by atoms with Gasteiger partial charge in [-0.1, -0.05) is 23.7 Å². The predicted octanol–water partition coefficient (Wildman–Crippen LogP) is 2.97. The van der Waals surface area contributed by atoms with Gasteiger partial charge < -0.3 is 19.9 Å². The number of cyclic esters (lactones) is 2. The number of imide groups is 1. The van der Waals surface area contributed by atoms with Crippen molar-refractivity contribution in [2.45, 2.75) is 26.2 Å². The number of anilines is 1. The van der Waals surface area contributed by atoms with Crippen molar-refractivity contribution in [3.8, 4) is 5.75 Å². The zero-order chi connectivity index (χ0) is 23.2. The minimum Gasteiger partial charge on any atom is -0.504 e. The summed E-state index contributed by atoms with van der Waals surface area (Å²) in [6.07, 6.45) is 1.02. The van der Waals surface area contributed by atoms with E-state index in [1.54, 1.807) is 24.3 Å². The Hall–Kier alpha value is -3.85. The molecule has 2 aliphatic heterocycles. The van der Waals surface area contributed by atoms with Crippen LogP contribution in [0, 0.1) is 0 Å². The quantitative estimate of drug-likeness (QED) is 0.237. The molecule has 2 aromatic rings. The fourth-order valence-corrected chi connectivity index (χ4v) is 3.59. The Labute approximate surface area is 187 Å². The van der Waals surface area contributed by atoms with E-state index >= 15 is 0 Å². The van der Waals surface area contributed by atoms with Gasteiger partial charge in [-0.3, -0.25) is 14.5 Å².